The molecule has 0 aliphatic carbocycles. The molecule has 0 saturated heterocycles. The van der Waals surface area contributed by atoms with Crippen LogP contribution < -0.4 is 4.74 Å². The molecule has 1 aromatic carbocycles. The highest BCUT2D eigenvalue weighted by Gasteiger charge is 2.17. The van der Waals surface area contributed by atoms with Crippen LogP contribution in [0.5, 0.6) is 5.75 Å². The predicted octanol–water partition coefficient (Wildman–Crippen LogP) is 3.12. The molecule has 0 amide bonds. The molecule has 1 heterocycles. The molecule has 0 aliphatic heterocycles. The van der Waals surface area contributed by atoms with Gasteiger partial charge in [-0.2, -0.15) is 0 Å². The average molecular weight is 298 g/mol. The van der Waals surface area contributed by atoms with Crippen LogP contribution in [-0.2, 0) is 4.74 Å². The first-order chi connectivity index (χ1) is 8.17. The van der Waals surface area contributed by atoms with Crippen LogP contribution in [0.4, 0.5) is 0 Å². The summed E-state index contributed by atoms with van der Waals surface area (Å²) >= 11 is 3.40. The molecule has 1 N–H and O–H groups in total. The van der Waals surface area contributed by atoms with Crippen LogP contribution in [0.25, 0.3) is 10.9 Å². The Kier molecular flexibility index (Phi) is 3.38. The van der Waals surface area contributed by atoms with Gasteiger partial charge >= 0.3 is 5.97 Å². The number of halogens is 1. The van der Waals surface area contributed by atoms with Crippen molar-refractivity contribution in [2.24, 2.45) is 0 Å². The van der Waals surface area contributed by atoms with Crippen molar-refractivity contribution in [2.45, 2.75) is 6.92 Å². The average Bonchev–Trinajstić information content (AvgIpc) is 2.67. The molecule has 0 aliphatic rings. The molecule has 0 bridgehead atoms. The van der Waals surface area contributed by atoms with E-state index in [1.165, 1.54) is 0 Å². The van der Waals surface area contributed by atoms with Crippen molar-refractivity contribution >= 4 is 32.8 Å². The van der Waals surface area contributed by atoms with Gasteiger partial charge in [-0.15, -0.1) is 0 Å². The standard InChI is InChI=1S/C12H12BrNO3/c1-3-17-12(15)11-10(13)8-6-7(16-2)4-5-9(8)14-11/h4-6,14H,3H2,1-2H3. The maximum Gasteiger partial charge on any atom is 0.355 e. The molecule has 2 rings (SSSR count). The maximum absolute atomic E-state index is 11.7. The number of esters is 1. The maximum atomic E-state index is 11.7. The Balaban J connectivity index is 2.53. The summed E-state index contributed by atoms with van der Waals surface area (Å²) in [5.74, 6) is 0.377. The second kappa shape index (κ2) is 4.79. The minimum atomic E-state index is -0.366. The first-order valence-corrected chi connectivity index (χ1v) is 5.99. The van der Waals surface area contributed by atoms with Gasteiger partial charge in [0.15, 0.2) is 0 Å². The fraction of sp³-hybridized carbons (Fsp3) is 0.250. The Bertz CT molecular complexity index is 562. The van der Waals surface area contributed by atoms with Gasteiger partial charge in [0, 0.05) is 10.9 Å². The quantitative estimate of drug-likeness (QED) is 0.886. The van der Waals surface area contributed by atoms with E-state index in [-0.39, 0.29) is 5.97 Å². The number of aromatic nitrogens is 1. The van der Waals surface area contributed by atoms with Crippen LogP contribution in [0.1, 0.15) is 17.4 Å². The lowest BCUT2D eigenvalue weighted by Crippen LogP contribution is -2.05. The lowest BCUT2D eigenvalue weighted by molar-refractivity contribution is 0.0519. The molecule has 90 valence electrons. The van der Waals surface area contributed by atoms with Crippen molar-refractivity contribution in [3.05, 3.63) is 28.4 Å². The van der Waals surface area contributed by atoms with Crippen LogP contribution in [0.3, 0.4) is 0 Å². The summed E-state index contributed by atoms with van der Waals surface area (Å²) in [5.41, 5.74) is 1.29. The zero-order valence-electron chi connectivity index (χ0n) is 9.54. The Hall–Kier alpha value is -1.49. The number of aromatic amines is 1. The van der Waals surface area contributed by atoms with E-state index < -0.39 is 0 Å². The third-order valence-corrected chi connectivity index (χ3v) is 3.25. The SMILES string of the molecule is CCOC(=O)c1[nH]c2ccc(OC)cc2c1Br. The summed E-state index contributed by atoms with van der Waals surface area (Å²) in [6, 6.07) is 5.56. The normalized spacial score (nSPS) is 10.5. The minimum Gasteiger partial charge on any atom is -0.497 e. The van der Waals surface area contributed by atoms with E-state index in [1.807, 2.05) is 18.2 Å². The predicted molar refractivity (Wildman–Crippen MR) is 68.5 cm³/mol. The Labute approximate surface area is 107 Å². The van der Waals surface area contributed by atoms with Crippen molar-refractivity contribution < 1.29 is 14.3 Å². The number of carbonyl (C=O) groups is 1. The third kappa shape index (κ3) is 2.15. The van der Waals surface area contributed by atoms with Gasteiger partial charge < -0.3 is 14.5 Å². The molecule has 2 aromatic rings. The number of carbonyl (C=O) groups excluding carboxylic acids is 1. The van der Waals surface area contributed by atoms with Gasteiger partial charge in [-0.3, -0.25) is 0 Å². The number of rotatable bonds is 3. The molecule has 5 heteroatoms. The monoisotopic (exact) mass is 297 g/mol. The summed E-state index contributed by atoms with van der Waals surface area (Å²) in [6.45, 7) is 2.13. The summed E-state index contributed by atoms with van der Waals surface area (Å²) in [4.78, 5) is 14.7. The van der Waals surface area contributed by atoms with Crippen LogP contribution >= 0.6 is 15.9 Å². The number of nitrogens with one attached hydrogen (secondary N) is 1. The van der Waals surface area contributed by atoms with Crippen molar-refractivity contribution in [3.63, 3.8) is 0 Å². The minimum absolute atomic E-state index is 0.351. The van der Waals surface area contributed by atoms with Gasteiger partial charge in [0.2, 0.25) is 0 Å². The van der Waals surface area contributed by atoms with Crippen molar-refractivity contribution in [1.82, 2.24) is 4.98 Å². The number of H-pyrrole nitrogens is 1. The van der Waals surface area contributed by atoms with Gasteiger partial charge in [-0.1, -0.05) is 0 Å². The molecule has 0 saturated carbocycles. The van der Waals surface area contributed by atoms with E-state index in [4.69, 9.17) is 9.47 Å². The number of ether oxygens (including phenoxy) is 2. The molecular formula is C12H12BrNO3. The Morgan fingerprint density at radius 1 is 1.47 bits per heavy atom. The second-order valence-electron chi connectivity index (χ2n) is 3.45. The summed E-state index contributed by atoms with van der Waals surface area (Å²) < 4.78 is 10.8. The fourth-order valence-corrected chi connectivity index (χ4v) is 2.20. The molecular weight excluding hydrogens is 286 g/mol. The van der Waals surface area contributed by atoms with E-state index in [0.717, 1.165) is 16.7 Å². The van der Waals surface area contributed by atoms with Gasteiger partial charge in [0.05, 0.1) is 18.2 Å². The van der Waals surface area contributed by atoms with Crippen LogP contribution in [0.2, 0.25) is 0 Å². The molecule has 0 radical (unpaired) electrons. The number of methoxy groups -OCH3 is 1. The highest BCUT2D eigenvalue weighted by atomic mass is 79.9. The largest absolute Gasteiger partial charge is 0.497 e. The van der Waals surface area contributed by atoms with Gasteiger partial charge in [-0.25, -0.2) is 4.79 Å². The lowest BCUT2D eigenvalue weighted by Gasteiger charge is -1.99. The second-order valence-corrected chi connectivity index (χ2v) is 4.24. The van der Waals surface area contributed by atoms with E-state index >= 15 is 0 Å². The van der Waals surface area contributed by atoms with Crippen LogP contribution in [-0.4, -0.2) is 24.7 Å². The molecule has 0 unspecified atom stereocenters. The van der Waals surface area contributed by atoms with Gasteiger partial charge in [0.25, 0.3) is 0 Å². The number of benzene rings is 1. The fourth-order valence-electron chi connectivity index (χ4n) is 1.61. The third-order valence-electron chi connectivity index (χ3n) is 2.42. The van der Waals surface area contributed by atoms with E-state index in [9.17, 15) is 4.79 Å². The topological polar surface area (TPSA) is 51.3 Å². The summed E-state index contributed by atoms with van der Waals surface area (Å²) in [5, 5.41) is 0.896. The molecule has 0 atom stereocenters. The van der Waals surface area contributed by atoms with Gasteiger partial charge in [-0.05, 0) is 41.1 Å². The zero-order valence-corrected chi connectivity index (χ0v) is 11.1. The van der Waals surface area contributed by atoms with E-state index in [2.05, 4.69) is 20.9 Å². The van der Waals surface area contributed by atoms with E-state index in [1.54, 1.807) is 14.0 Å². The van der Waals surface area contributed by atoms with E-state index in [0.29, 0.717) is 16.8 Å². The highest BCUT2D eigenvalue weighted by molar-refractivity contribution is 9.10. The molecule has 0 fully saturated rings. The first kappa shape index (κ1) is 12.0. The number of hydrogen-bond acceptors (Lipinski definition) is 3. The van der Waals surface area contributed by atoms with Crippen LogP contribution in [0.15, 0.2) is 22.7 Å². The Morgan fingerprint density at radius 3 is 2.88 bits per heavy atom. The summed E-state index contributed by atoms with van der Waals surface area (Å²) in [7, 11) is 1.61. The smallest absolute Gasteiger partial charge is 0.355 e. The van der Waals surface area contributed by atoms with Crippen LogP contribution in [0, 0.1) is 0 Å². The summed E-state index contributed by atoms with van der Waals surface area (Å²) in [6.07, 6.45) is 0. The molecule has 1 aromatic heterocycles. The molecule has 4 nitrogen and oxygen atoms in total. The highest BCUT2D eigenvalue weighted by Crippen LogP contribution is 2.31. The van der Waals surface area contributed by atoms with Crippen molar-refractivity contribution in [3.8, 4) is 5.75 Å². The Morgan fingerprint density at radius 2 is 2.24 bits per heavy atom. The number of fused-ring (bicyclic) bond motifs is 1. The van der Waals surface area contributed by atoms with Crippen molar-refractivity contribution in [1.29, 1.82) is 0 Å². The first-order valence-electron chi connectivity index (χ1n) is 5.19. The molecule has 17 heavy (non-hydrogen) atoms. The number of hydrogen-bond donors (Lipinski definition) is 1. The lowest BCUT2D eigenvalue weighted by atomic mass is 10.2. The zero-order chi connectivity index (χ0) is 12.4. The molecule has 0 spiro atoms. The van der Waals surface area contributed by atoms with Gasteiger partial charge in [0.1, 0.15) is 11.4 Å². The van der Waals surface area contributed by atoms with Crippen molar-refractivity contribution in [2.75, 3.05) is 13.7 Å².